The molecule has 1 fully saturated rings. The predicted molar refractivity (Wildman–Crippen MR) is 90.4 cm³/mol. The van der Waals surface area contributed by atoms with E-state index in [4.69, 9.17) is 0 Å². The van der Waals surface area contributed by atoms with Crippen LogP contribution in [0.1, 0.15) is 84.0 Å². The second kappa shape index (κ2) is 11.6. The first-order valence-corrected chi connectivity index (χ1v) is 9.77. The number of rotatable bonds is 11. The Labute approximate surface area is 133 Å². The summed E-state index contributed by atoms with van der Waals surface area (Å²) in [6.45, 7) is 3.14. The molecule has 2 nitrogen and oxygen atoms in total. The van der Waals surface area contributed by atoms with Crippen LogP contribution >= 0.6 is 15.9 Å². The van der Waals surface area contributed by atoms with Gasteiger partial charge in [0.05, 0.1) is 0 Å². The van der Waals surface area contributed by atoms with E-state index in [0.29, 0.717) is 11.9 Å². The summed E-state index contributed by atoms with van der Waals surface area (Å²) in [5.41, 5.74) is 0. The van der Waals surface area contributed by atoms with Gasteiger partial charge in [0, 0.05) is 24.3 Å². The molecular weight excluding hydrogens is 314 g/mol. The van der Waals surface area contributed by atoms with E-state index in [1.54, 1.807) is 0 Å². The van der Waals surface area contributed by atoms with Gasteiger partial charge < -0.3 is 4.90 Å². The van der Waals surface area contributed by atoms with E-state index in [1.165, 1.54) is 64.2 Å². The molecule has 20 heavy (non-hydrogen) atoms. The number of carbonyl (C=O) groups is 1. The van der Waals surface area contributed by atoms with Crippen molar-refractivity contribution < 1.29 is 4.79 Å². The van der Waals surface area contributed by atoms with Gasteiger partial charge in [0.2, 0.25) is 5.91 Å². The summed E-state index contributed by atoms with van der Waals surface area (Å²) >= 11 is 3.49. The molecule has 1 amide bonds. The standard InChI is InChI=1S/C17H32BrNO/c1-2-3-4-5-6-7-8-13-17(20)19(15-14-18)16-11-9-10-12-16/h16H,2-15H2,1H3. The monoisotopic (exact) mass is 345 g/mol. The summed E-state index contributed by atoms with van der Waals surface area (Å²) in [6, 6.07) is 0.532. The first kappa shape index (κ1) is 18.0. The average Bonchev–Trinajstić information content (AvgIpc) is 2.97. The van der Waals surface area contributed by atoms with Crippen molar-refractivity contribution in [3.05, 3.63) is 0 Å². The fourth-order valence-electron chi connectivity index (χ4n) is 3.19. The number of amides is 1. The molecule has 1 saturated carbocycles. The zero-order valence-electron chi connectivity index (χ0n) is 13.2. The lowest BCUT2D eigenvalue weighted by Crippen LogP contribution is -2.40. The van der Waals surface area contributed by atoms with Gasteiger partial charge in [0.25, 0.3) is 0 Å². The Morgan fingerprint density at radius 3 is 2.25 bits per heavy atom. The van der Waals surface area contributed by atoms with Gasteiger partial charge in [-0.2, -0.15) is 0 Å². The van der Waals surface area contributed by atoms with Crippen LogP contribution in [0.3, 0.4) is 0 Å². The van der Waals surface area contributed by atoms with Gasteiger partial charge in [-0.25, -0.2) is 0 Å². The number of unbranched alkanes of at least 4 members (excludes halogenated alkanes) is 6. The van der Waals surface area contributed by atoms with Crippen LogP contribution in [0.15, 0.2) is 0 Å². The van der Waals surface area contributed by atoms with Crippen molar-refractivity contribution in [2.24, 2.45) is 0 Å². The first-order valence-electron chi connectivity index (χ1n) is 8.65. The van der Waals surface area contributed by atoms with Gasteiger partial charge in [-0.15, -0.1) is 0 Å². The first-order chi connectivity index (χ1) is 9.79. The number of hydrogen-bond acceptors (Lipinski definition) is 1. The zero-order valence-corrected chi connectivity index (χ0v) is 14.8. The highest BCUT2D eigenvalue weighted by Crippen LogP contribution is 2.24. The van der Waals surface area contributed by atoms with Crippen LogP contribution in [0.5, 0.6) is 0 Å². The van der Waals surface area contributed by atoms with E-state index >= 15 is 0 Å². The maximum Gasteiger partial charge on any atom is 0.222 e. The molecule has 0 N–H and O–H groups in total. The van der Waals surface area contributed by atoms with E-state index in [-0.39, 0.29) is 0 Å². The molecule has 118 valence electrons. The molecule has 0 atom stereocenters. The van der Waals surface area contributed by atoms with Gasteiger partial charge in [-0.1, -0.05) is 74.2 Å². The van der Waals surface area contributed by atoms with Crippen molar-refractivity contribution in [3.63, 3.8) is 0 Å². The molecule has 0 aromatic carbocycles. The molecule has 1 rings (SSSR count). The van der Waals surface area contributed by atoms with Crippen LogP contribution in [-0.2, 0) is 4.79 Å². The van der Waals surface area contributed by atoms with Crippen molar-refractivity contribution in [1.82, 2.24) is 4.90 Å². The van der Waals surface area contributed by atoms with Gasteiger partial charge in [0.15, 0.2) is 0 Å². The molecule has 0 aliphatic heterocycles. The van der Waals surface area contributed by atoms with E-state index in [2.05, 4.69) is 27.8 Å². The molecule has 0 aromatic heterocycles. The molecule has 0 spiro atoms. The number of alkyl halides is 1. The number of carbonyl (C=O) groups excluding carboxylic acids is 1. The van der Waals surface area contributed by atoms with Crippen molar-refractivity contribution in [2.75, 3.05) is 11.9 Å². The van der Waals surface area contributed by atoms with Crippen LogP contribution in [-0.4, -0.2) is 28.7 Å². The molecule has 1 aliphatic rings. The summed E-state index contributed by atoms with van der Waals surface area (Å²) in [5, 5.41) is 0.909. The van der Waals surface area contributed by atoms with Crippen LogP contribution in [0, 0.1) is 0 Å². The minimum Gasteiger partial charge on any atom is -0.339 e. The molecule has 0 saturated heterocycles. The maximum absolute atomic E-state index is 12.4. The maximum atomic E-state index is 12.4. The van der Waals surface area contributed by atoms with Crippen molar-refractivity contribution >= 4 is 21.8 Å². The Hall–Kier alpha value is -0.0500. The highest BCUT2D eigenvalue weighted by Gasteiger charge is 2.25. The quantitative estimate of drug-likeness (QED) is 0.367. The minimum absolute atomic E-state index is 0.393. The molecule has 0 radical (unpaired) electrons. The van der Waals surface area contributed by atoms with Crippen LogP contribution < -0.4 is 0 Å². The van der Waals surface area contributed by atoms with Gasteiger partial charge in [-0.05, 0) is 19.3 Å². The average molecular weight is 346 g/mol. The second-order valence-electron chi connectivity index (χ2n) is 6.09. The second-order valence-corrected chi connectivity index (χ2v) is 6.88. The van der Waals surface area contributed by atoms with Gasteiger partial charge in [-0.3, -0.25) is 4.79 Å². The van der Waals surface area contributed by atoms with Crippen molar-refractivity contribution in [1.29, 1.82) is 0 Å². The lowest BCUT2D eigenvalue weighted by molar-refractivity contribution is -0.133. The third kappa shape index (κ3) is 7.10. The van der Waals surface area contributed by atoms with E-state index in [0.717, 1.165) is 24.7 Å². The summed E-state index contributed by atoms with van der Waals surface area (Å²) in [7, 11) is 0. The third-order valence-corrected chi connectivity index (χ3v) is 4.76. The van der Waals surface area contributed by atoms with E-state index in [9.17, 15) is 4.79 Å². The minimum atomic E-state index is 0.393. The Morgan fingerprint density at radius 2 is 1.65 bits per heavy atom. The highest BCUT2D eigenvalue weighted by atomic mass is 79.9. The zero-order chi connectivity index (χ0) is 14.6. The summed E-state index contributed by atoms with van der Waals surface area (Å²) in [5.74, 6) is 0.393. The summed E-state index contributed by atoms with van der Waals surface area (Å²) < 4.78 is 0. The SMILES string of the molecule is CCCCCCCCCC(=O)N(CCBr)C1CCCC1. The van der Waals surface area contributed by atoms with Gasteiger partial charge >= 0.3 is 0 Å². The third-order valence-electron chi connectivity index (χ3n) is 4.41. The largest absolute Gasteiger partial charge is 0.339 e. The molecule has 0 heterocycles. The lowest BCUT2D eigenvalue weighted by Gasteiger charge is -2.28. The molecule has 1 aliphatic carbocycles. The number of halogens is 1. The van der Waals surface area contributed by atoms with Crippen LogP contribution in [0.25, 0.3) is 0 Å². The number of hydrogen-bond donors (Lipinski definition) is 0. The predicted octanol–water partition coefficient (Wildman–Crippen LogP) is 5.29. The lowest BCUT2D eigenvalue weighted by atomic mass is 10.1. The Balaban J connectivity index is 2.14. The van der Waals surface area contributed by atoms with Gasteiger partial charge in [0.1, 0.15) is 0 Å². The Bertz CT molecular complexity index is 251. The smallest absolute Gasteiger partial charge is 0.222 e. The van der Waals surface area contributed by atoms with Crippen LogP contribution in [0.4, 0.5) is 0 Å². The normalized spacial score (nSPS) is 15.7. The van der Waals surface area contributed by atoms with Crippen molar-refractivity contribution in [3.8, 4) is 0 Å². The number of nitrogens with zero attached hydrogens (tertiary/aromatic N) is 1. The molecule has 3 heteroatoms. The summed E-state index contributed by atoms with van der Waals surface area (Å²) in [4.78, 5) is 14.5. The van der Waals surface area contributed by atoms with E-state index in [1.807, 2.05) is 0 Å². The topological polar surface area (TPSA) is 20.3 Å². The highest BCUT2D eigenvalue weighted by molar-refractivity contribution is 9.09. The van der Waals surface area contributed by atoms with E-state index < -0.39 is 0 Å². The Morgan fingerprint density at radius 1 is 1.05 bits per heavy atom. The molecule has 0 bridgehead atoms. The molecule has 0 unspecified atom stereocenters. The summed E-state index contributed by atoms with van der Waals surface area (Å²) in [6.07, 6.45) is 14.8. The Kier molecular flexibility index (Phi) is 10.4. The molecule has 0 aromatic rings. The van der Waals surface area contributed by atoms with Crippen molar-refractivity contribution in [2.45, 2.75) is 90.0 Å². The molecular formula is C17H32BrNO. The fraction of sp³-hybridized carbons (Fsp3) is 0.941. The van der Waals surface area contributed by atoms with Crippen LogP contribution in [0.2, 0.25) is 0 Å². The fourth-order valence-corrected chi connectivity index (χ4v) is 3.58.